The number of hydrogen-bond acceptors (Lipinski definition) is 3. The van der Waals surface area contributed by atoms with E-state index in [4.69, 9.17) is 21.1 Å². The highest BCUT2D eigenvalue weighted by atomic mass is 79.9. The van der Waals surface area contributed by atoms with E-state index < -0.39 is 0 Å². The summed E-state index contributed by atoms with van der Waals surface area (Å²) in [5.41, 5.74) is 0.608. The molecule has 106 valence electrons. The molecule has 0 aliphatic rings. The third kappa shape index (κ3) is 4.69. The first-order chi connectivity index (χ1) is 9.13. The summed E-state index contributed by atoms with van der Waals surface area (Å²) < 4.78 is 11.7. The summed E-state index contributed by atoms with van der Waals surface area (Å²) in [5.74, 6) is 1.78. The van der Waals surface area contributed by atoms with Crippen LogP contribution in [0.5, 0.6) is 11.5 Å². The van der Waals surface area contributed by atoms with Crippen molar-refractivity contribution in [3.63, 3.8) is 0 Å². The van der Waals surface area contributed by atoms with Crippen molar-refractivity contribution in [2.24, 2.45) is 0 Å². The second-order valence-corrected chi connectivity index (χ2v) is 5.09. The van der Waals surface area contributed by atoms with Gasteiger partial charge in [-0.2, -0.15) is 0 Å². The largest absolute Gasteiger partial charge is 0.490 e. The van der Waals surface area contributed by atoms with Crippen LogP contribution in [0.3, 0.4) is 0 Å². The fraction of sp³-hybridized carbons (Fsp3) is 0.500. The minimum absolute atomic E-state index is 0.0523. The number of carbonyl (C=O) groups is 1. The standard InChI is InChI=1S/C14H18BrClO3/c1-3-18-13-8-10(12(17)6-5-7-16)11(15)9-14(13)19-4-2/h8-9H,3-7H2,1-2H3. The molecule has 0 saturated carbocycles. The summed E-state index contributed by atoms with van der Waals surface area (Å²) in [6.07, 6.45) is 1.10. The lowest BCUT2D eigenvalue weighted by Crippen LogP contribution is -2.04. The van der Waals surface area contributed by atoms with E-state index in [2.05, 4.69) is 15.9 Å². The van der Waals surface area contributed by atoms with Gasteiger partial charge in [-0.3, -0.25) is 4.79 Å². The molecule has 0 unspecified atom stereocenters. The van der Waals surface area contributed by atoms with Crippen molar-refractivity contribution < 1.29 is 14.3 Å². The lowest BCUT2D eigenvalue weighted by Gasteiger charge is -2.13. The van der Waals surface area contributed by atoms with E-state index >= 15 is 0 Å². The van der Waals surface area contributed by atoms with Crippen LogP contribution < -0.4 is 9.47 Å². The molecule has 0 saturated heterocycles. The zero-order valence-corrected chi connectivity index (χ0v) is 13.5. The maximum Gasteiger partial charge on any atom is 0.164 e. The quantitative estimate of drug-likeness (QED) is 0.514. The van der Waals surface area contributed by atoms with Crippen molar-refractivity contribution in [1.29, 1.82) is 0 Å². The van der Waals surface area contributed by atoms with E-state index in [9.17, 15) is 4.79 Å². The summed E-state index contributed by atoms with van der Waals surface area (Å²) in [4.78, 5) is 12.1. The number of halogens is 2. The van der Waals surface area contributed by atoms with Gasteiger partial charge in [0.1, 0.15) is 0 Å². The predicted octanol–water partition coefficient (Wildman–Crippen LogP) is 4.45. The maximum atomic E-state index is 12.1. The third-order valence-electron chi connectivity index (χ3n) is 2.47. The summed E-state index contributed by atoms with van der Waals surface area (Å²) >= 11 is 9.02. The zero-order chi connectivity index (χ0) is 14.3. The van der Waals surface area contributed by atoms with Crippen LogP contribution in [0.25, 0.3) is 0 Å². The minimum atomic E-state index is 0.0523. The minimum Gasteiger partial charge on any atom is -0.490 e. The van der Waals surface area contributed by atoms with E-state index in [0.717, 1.165) is 4.47 Å². The highest BCUT2D eigenvalue weighted by Gasteiger charge is 2.15. The van der Waals surface area contributed by atoms with E-state index in [0.29, 0.717) is 49.0 Å². The van der Waals surface area contributed by atoms with Crippen molar-refractivity contribution >= 4 is 33.3 Å². The Morgan fingerprint density at radius 1 is 1.21 bits per heavy atom. The third-order valence-corrected chi connectivity index (χ3v) is 3.39. The molecule has 19 heavy (non-hydrogen) atoms. The van der Waals surface area contributed by atoms with Crippen LogP contribution in [0.15, 0.2) is 16.6 Å². The Morgan fingerprint density at radius 2 is 1.79 bits per heavy atom. The predicted molar refractivity (Wildman–Crippen MR) is 80.8 cm³/mol. The molecule has 0 fully saturated rings. The van der Waals surface area contributed by atoms with E-state index in [1.807, 2.05) is 13.8 Å². The first-order valence-corrected chi connectivity index (χ1v) is 7.65. The van der Waals surface area contributed by atoms with Gasteiger partial charge in [-0.15, -0.1) is 11.6 Å². The van der Waals surface area contributed by atoms with Crippen molar-refractivity contribution in [1.82, 2.24) is 0 Å². The monoisotopic (exact) mass is 348 g/mol. The van der Waals surface area contributed by atoms with Gasteiger partial charge in [0.2, 0.25) is 0 Å². The van der Waals surface area contributed by atoms with Crippen molar-refractivity contribution in [3.8, 4) is 11.5 Å². The van der Waals surface area contributed by atoms with E-state index in [1.165, 1.54) is 0 Å². The van der Waals surface area contributed by atoms with Crippen LogP contribution in [-0.2, 0) is 0 Å². The summed E-state index contributed by atoms with van der Waals surface area (Å²) in [5, 5.41) is 0. The van der Waals surface area contributed by atoms with Gasteiger partial charge in [0.15, 0.2) is 17.3 Å². The molecule has 0 aromatic heterocycles. The fourth-order valence-corrected chi connectivity index (χ4v) is 2.32. The Morgan fingerprint density at radius 3 is 2.32 bits per heavy atom. The Balaban J connectivity index is 3.05. The molecular formula is C14H18BrClO3. The lowest BCUT2D eigenvalue weighted by molar-refractivity contribution is 0.0980. The molecule has 0 aliphatic heterocycles. The fourth-order valence-electron chi connectivity index (χ4n) is 1.65. The van der Waals surface area contributed by atoms with Gasteiger partial charge in [0.05, 0.1) is 13.2 Å². The first kappa shape index (κ1) is 16.3. The molecule has 0 heterocycles. The van der Waals surface area contributed by atoms with E-state index in [-0.39, 0.29) is 5.78 Å². The molecule has 0 aliphatic carbocycles. The Labute approximate surface area is 127 Å². The molecule has 3 nitrogen and oxygen atoms in total. The topological polar surface area (TPSA) is 35.5 Å². The molecule has 0 bridgehead atoms. The van der Waals surface area contributed by atoms with Crippen LogP contribution in [0.2, 0.25) is 0 Å². The van der Waals surface area contributed by atoms with Crippen molar-refractivity contribution in [2.75, 3.05) is 19.1 Å². The van der Waals surface area contributed by atoms with Gasteiger partial charge in [-0.1, -0.05) is 0 Å². The Hall–Kier alpha value is -0.740. The van der Waals surface area contributed by atoms with Gasteiger partial charge in [-0.05, 0) is 48.3 Å². The SMILES string of the molecule is CCOc1cc(Br)c(C(=O)CCCCl)cc1OCC. The number of ketones is 1. The first-order valence-electron chi connectivity index (χ1n) is 6.32. The Bertz CT molecular complexity index is 435. The second kappa shape index (κ2) is 8.43. The average Bonchev–Trinajstić information content (AvgIpc) is 2.39. The number of rotatable bonds is 8. The Kier molecular flexibility index (Phi) is 7.24. The number of hydrogen-bond donors (Lipinski definition) is 0. The molecule has 1 aromatic carbocycles. The van der Waals surface area contributed by atoms with Gasteiger partial charge in [0, 0.05) is 22.3 Å². The number of ether oxygens (including phenoxy) is 2. The molecule has 1 aromatic rings. The van der Waals surface area contributed by atoms with Crippen LogP contribution in [0, 0.1) is 0 Å². The highest BCUT2D eigenvalue weighted by molar-refractivity contribution is 9.10. The molecule has 0 atom stereocenters. The van der Waals surface area contributed by atoms with Crippen molar-refractivity contribution in [2.45, 2.75) is 26.7 Å². The van der Waals surface area contributed by atoms with Gasteiger partial charge in [0.25, 0.3) is 0 Å². The van der Waals surface area contributed by atoms with Gasteiger partial charge < -0.3 is 9.47 Å². The molecule has 0 spiro atoms. The average molecular weight is 350 g/mol. The van der Waals surface area contributed by atoms with Crippen LogP contribution in [-0.4, -0.2) is 24.9 Å². The second-order valence-electron chi connectivity index (χ2n) is 3.86. The van der Waals surface area contributed by atoms with Gasteiger partial charge >= 0.3 is 0 Å². The molecule has 0 amide bonds. The van der Waals surface area contributed by atoms with E-state index in [1.54, 1.807) is 12.1 Å². The van der Waals surface area contributed by atoms with Crippen LogP contribution in [0.4, 0.5) is 0 Å². The van der Waals surface area contributed by atoms with Gasteiger partial charge in [-0.25, -0.2) is 0 Å². The molecule has 0 N–H and O–H groups in total. The number of carbonyl (C=O) groups excluding carboxylic acids is 1. The maximum absolute atomic E-state index is 12.1. The lowest BCUT2D eigenvalue weighted by atomic mass is 10.1. The zero-order valence-electron chi connectivity index (χ0n) is 11.2. The molecular weight excluding hydrogens is 332 g/mol. The number of Topliss-reactive ketones (excluding diaryl/α,β-unsaturated/α-hetero) is 1. The normalized spacial score (nSPS) is 10.3. The number of alkyl halides is 1. The van der Waals surface area contributed by atoms with Crippen molar-refractivity contribution in [3.05, 3.63) is 22.2 Å². The van der Waals surface area contributed by atoms with Crippen LogP contribution in [0.1, 0.15) is 37.0 Å². The molecule has 1 rings (SSSR count). The summed E-state index contributed by atoms with van der Waals surface area (Å²) in [6.45, 7) is 4.87. The molecule has 5 heteroatoms. The smallest absolute Gasteiger partial charge is 0.164 e. The molecule has 0 radical (unpaired) electrons. The number of benzene rings is 1. The van der Waals surface area contributed by atoms with Crippen LogP contribution >= 0.6 is 27.5 Å². The summed E-state index contributed by atoms with van der Waals surface area (Å²) in [7, 11) is 0. The summed E-state index contributed by atoms with van der Waals surface area (Å²) in [6, 6.07) is 3.51. The highest BCUT2D eigenvalue weighted by Crippen LogP contribution is 2.34.